The average Bonchev–Trinajstić information content (AvgIpc) is 2.98. The number of unbranched alkanes of at least 4 members (excludes halogenated alkanes) is 3. The Labute approximate surface area is 242 Å². The van der Waals surface area contributed by atoms with Gasteiger partial charge in [0.05, 0.1) is 17.2 Å². The summed E-state index contributed by atoms with van der Waals surface area (Å²) in [6, 6.07) is 20.5. The molecule has 0 radical (unpaired) electrons. The van der Waals surface area contributed by atoms with Gasteiger partial charge in [-0.25, -0.2) is 14.4 Å². The van der Waals surface area contributed by atoms with Gasteiger partial charge < -0.3 is 18.9 Å². The molecular formula is C34H40O7. The lowest BCUT2D eigenvalue weighted by Gasteiger charge is -2.13. The number of ether oxygens (including phenoxy) is 4. The van der Waals surface area contributed by atoms with E-state index in [-0.39, 0.29) is 12.1 Å². The van der Waals surface area contributed by atoms with Crippen LogP contribution >= 0.6 is 0 Å². The highest BCUT2D eigenvalue weighted by Gasteiger charge is 2.16. The van der Waals surface area contributed by atoms with E-state index in [0.29, 0.717) is 29.2 Å². The third kappa shape index (κ3) is 10.2. The number of hydrogen-bond donors (Lipinski definition) is 0. The average molecular weight is 561 g/mol. The van der Waals surface area contributed by atoms with E-state index in [4.69, 9.17) is 18.9 Å². The van der Waals surface area contributed by atoms with Gasteiger partial charge in [0.25, 0.3) is 0 Å². The van der Waals surface area contributed by atoms with Gasteiger partial charge in [-0.1, -0.05) is 57.4 Å². The molecule has 41 heavy (non-hydrogen) atoms. The molecule has 3 rings (SSSR count). The van der Waals surface area contributed by atoms with Crippen molar-refractivity contribution >= 4 is 17.9 Å². The van der Waals surface area contributed by atoms with Gasteiger partial charge in [-0.05, 0) is 92.8 Å². The van der Waals surface area contributed by atoms with Gasteiger partial charge in [0.2, 0.25) is 0 Å². The molecule has 0 aromatic heterocycles. The van der Waals surface area contributed by atoms with Crippen LogP contribution in [0.2, 0.25) is 0 Å². The first-order valence-corrected chi connectivity index (χ1v) is 14.4. The summed E-state index contributed by atoms with van der Waals surface area (Å²) in [6.07, 6.45) is 5.43. The van der Waals surface area contributed by atoms with Crippen molar-refractivity contribution in [3.8, 4) is 22.6 Å². The Morgan fingerprint density at radius 1 is 0.634 bits per heavy atom. The van der Waals surface area contributed by atoms with Crippen molar-refractivity contribution in [2.45, 2.75) is 78.4 Å². The second-order valence-corrected chi connectivity index (χ2v) is 10.0. The van der Waals surface area contributed by atoms with Crippen molar-refractivity contribution in [1.82, 2.24) is 0 Å². The van der Waals surface area contributed by atoms with E-state index in [9.17, 15) is 14.4 Å². The van der Waals surface area contributed by atoms with E-state index in [1.54, 1.807) is 55.5 Å². The largest absolute Gasteiger partial charge is 0.459 e. The maximum atomic E-state index is 12.7. The number of hydrogen-bond acceptors (Lipinski definition) is 7. The molecule has 0 fully saturated rings. The topological polar surface area (TPSA) is 88.1 Å². The Morgan fingerprint density at radius 2 is 1.17 bits per heavy atom. The van der Waals surface area contributed by atoms with Crippen molar-refractivity contribution in [2.24, 2.45) is 0 Å². The molecule has 0 aliphatic heterocycles. The first-order valence-electron chi connectivity index (χ1n) is 14.4. The number of carbonyl (C=O) groups excluding carboxylic acids is 3. The van der Waals surface area contributed by atoms with Gasteiger partial charge in [-0.3, -0.25) is 0 Å². The smallest absolute Gasteiger partial charge is 0.343 e. The maximum absolute atomic E-state index is 12.7. The van der Waals surface area contributed by atoms with Crippen LogP contribution in [0.5, 0.6) is 11.5 Å². The molecule has 0 spiro atoms. The Balaban J connectivity index is 1.51. The summed E-state index contributed by atoms with van der Waals surface area (Å²) < 4.78 is 21.8. The summed E-state index contributed by atoms with van der Waals surface area (Å²) >= 11 is 0. The van der Waals surface area contributed by atoms with Gasteiger partial charge in [0.1, 0.15) is 11.5 Å². The van der Waals surface area contributed by atoms with E-state index in [1.807, 2.05) is 38.1 Å². The third-order valence-corrected chi connectivity index (χ3v) is 6.50. The van der Waals surface area contributed by atoms with Crippen molar-refractivity contribution < 1.29 is 33.3 Å². The number of benzene rings is 3. The fourth-order valence-electron chi connectivity index (χ4n) is 4.07. The van der Waals surface area contributed by atoms with Crippen molar-refractivity contribution in [3.05, 3.63) is 83.9 Å². The molecule has 0 saturated carbocycles. The number of carbonyl (C=O) groups is 3. The minimum Gasteiger partial charge on any atom is -0.459 e. The molecule has 2 atom stereocenters. The predicted molar refractivity (Wildman–Crippen MR) is 158 cm³/mol. The van der Waals surface area contributed by atoms with E-state index in [1.165, 1.54) is 12.8 Å². The summed E-state index contributed by atoms with van der Waals surface area (Å²) in [5, 5.41) is 0. The fraction of sp³-hybridized carbons (Fsp3) is 0.382. The Kier molecular flexibility index (Phi) is 12.6. The van der Waals surface area contributed by atoms with Crippen LogP contribution in [-0.4, -0.2) is 36.7 Å². The third-order valence-electron chi connectivity index (χ3n) is 6.50. The molecular weight excluding hydrogens is 520 g/mol. The molecule has 1 unspecified atom stereocenters. The zero-order chi connectivity index (χ0) is 29.6. The van der Waals surface area contributed by atoms with Gasteiger partial charge in [0.15, 0.2) is 6.10 Å². The first-order chi connectivity index (χ1) is 19.8. The van der Waals surface area contributed by atoms with Crippen LogP contribution in [0.15, 0.2) is 72.8 Å². The van der Waals surface area contributed by atoms with Crippen molar-refractivity contribution in [3.63, 3.8) is 0 Å². The van der Waals surface area contributed by atoms with Crippen molar-refractivity contribution in [2.75, 3.05) is 6.61 Å². The van der Waals surface area contributed by atoms with Crippen molar-refractivity contribution in [1.29, 1.82) is 0 Å². The van der Waals surface area contributed by atoms with Crippen LogP contribution in [0.25, 0.3) is 11.1 Å². The van der Waals surface area contributed by atoms with E-state index in [2.05, 4.69) is 6.92 Å². The van der Waals surface area contributed by atoms with Gasteiger partial charge in [0, 0.05) is 6.61 Å². The molecule has 0 heterocycles. The van der Waals surface area contributed by atoms with Gasteiger partial charge in [-0.15, -0.1) is 0 Å². The van der Waals surface area contributed by atoms with Gasteiger partial charge >= 0.3 is 17.9 Å². The molecule has 7 nitrogen and oxygen atoms in total. The monoisotopic (exact) mass is 560 g/mol. The molecule has 0 N–H and O–H groups in total. The second-order valence-electron chi connectivity index (χ2n) is 10.0. The normalized spacial score (nSPS) is 12.3. The quantitative estimate of drug-likeness (QED) is 0.106. The SMILES string of the molecule is CCCCCC[C@@H](C)OC(=O)c1ccc(OC(=O)c2ccc(-c3ccc(OC(=O)C(C)OCCC)cc3)cc2)cc1. The Morgan fingerprint density at radius 3 is 1.78 bits per heavy atom. The molecule has 0 amide bonds. The summed E-state index contributed by atoms with van der Waals surface area (Å²) in [5.74, 6) is -0.561. The Bertz CT molecular complexity index is 1250. The van der Waals surface area contributed by atoms with E-state index >= 15 is 0 Å². The summed E-state index contributed by atoms with van der Waals surface area (Å²) in [4.78, 5) is 37.2. The molecule has 3 aromatic carbocycles. The molecule has 0 aliphatic carbocycles. The summed E-state index contributed by atoms with van der Waals surface area (Å²) in [6.45, 7) is 8.21. The lowest BCUT2D eigenvalue weighted by molar-refractivity contribution is -0.146. The number of esters is 3. The zero-order valence-electron chi connectivity index (χ0n) is 24.4. The predicted octanol–water partition coefficient (Wildman–Crippen LogP) is 7.81. The van der Waals surface area contributed by atoms with Crippen LogP contribution in [-0.2, 0) is 14.3 Å². The fourth-order valence-corrected chi connectivity index (χ4v) is 4.07. The minimum absolute atomic E-state index is 0.144. The van der Waals surface area contributed by atoms with Crippen LogP contribution in [0.3, 0.4) is 0 Å². The standard InChI is InChI=1S/C34H40O7/c1-5-7-8-9-10-24(3)39-33(36)29-17-21-31(22-18-29)41-34(37)28-13-11-26(12-14-28)27-15-19-30(20-16-27)40-32(35)25(4)38-23-6-2/h11-22,24-25H,5-10,23H2,1-4H3/t24-,25?/m1/s1. The highest BCUT2D eigenvalue weighted by molar-refractivity contribution is 5.92. The van der Waals surface area contributed by atoms with E-state index < -0.39 is 18.0 Å². The molecule has 3 aromatic rings. The van der Waals surface area contributed by atoms with E-state index in [0.717, 1.165) is 36.8 Å². The maximum Gasteiger partial charge on any atom is 0.343 e. The number of rotatable bonds is 15. The first kappa shape index (κ1) is 31.6. The molecule has 218 valence electrons. The molecule has 0 bridgehead atoms. The molecule has 7 heteroatoms. The Hall–Kier alpha value is -3.97. The highest BCUT2D eigenvalue weighted by Crippen LogP contribution is 2.24. The lowest BCUT2D eigenvalue weighted by Crippen LogP contribution is -2.26. The lowest BCUT2D eigenvalue weighted by atomic mass is 10.0. The van der Waals surface area contributed by atoms with Crippen LogP contribution < -0.4 is 9.47 Å². The van der Waals surface area contributed by atoms with Crippen LogP contribution in [0.1, 0.15) is 86.9 Å². The van der Waals surface area contributed by atoms with Crippen LogP contribution in [0.4, 0.5) is 0 Å². The highest BCUT2D eigenvalue weighted by atomic mass is 16.6. The zero-order valence-corrected chi connectivity index (χ0v) is 24.4. The minimum atomic E-state index is -0.630. The summed E-state index contributed by atoms with van der Waals surface area (Å²) in [7, 11) is 0. The van der Waals surface area contributed by atoms with Gasteiger partial charge in [-0.2, -0.15) is 0 Å². The molecule has 0 aliphatic rings. The second kappa shape index (κ2) is 16.3. The summed E-state index contributed by atoms with van der Waals surface area (Å²) in [5.41, 5.74) is 2.59. The van der Waals surface area contributed by atoms with Crippen LogP contribution in [0, 0.1) is 0 Å². The molecule has 0 saturated heterocycles.